The van der Waals surface area contributed by atoms with Gasteiger partial charge in [0.05, 0.1) is 18.0 Å². The summed E-state index contributed by atoms with van der Waals surface area (Å²) in [6.45, 7) is 10.7. The molecular weight excluding hydrogens is 390 g/mol. The number of nitrogens with zero attached hydrogens (tertiary/aromatic N) is 1. The van der Waals surface area contributed by atoms with Crippen molar-refractivity contribution >= 4 is 5.57 Å². The van der Waals surface area contributed by atoms with Crippen molar-refractivity contribution in [3.8, 4) is 11.3 Å². The molecule has 0 bridgehead atoms. The third-order valence-electron chi connectivity index (χ3n) is 4.45. The van der Waals surface area contributed by atoms with Crippen molar-refractivity contribution in [2.45, 2.75) is 46.7 Å². The van der Waals surface area contributed by atoms with Crippen LogP contribution >= 0.6 is 0 Å². The SMILES string of the molecule is CO.C\C=C/C(=C\C=C(/C)c1cc(-c2cccc(C(C)NC(C)C)c2)[nH]n1)OCCO. The Morgan fingerprint density at radius 1 is 1.19 bits per heavy atom. The van der Waals surface area contributed by atoms with Gasteiger partial charge in [0, 0.05) is 19.2 Å². The van der Waals surface area contributed by atoms with Gasteiger partial charge in [0.25, 0.3) is 0 Å². The summed E-state index contributed by atoms with van der Waals surface area (Å²) in [4.78, 5) is 0. The van der Waals surface area contributed by atoms with Crippen molar-refractivity contribution in [1.29, 1.82) is 0 Å². The van der Waals surface area contributed by atoms with Gasteiger partial charge in [0.1, 0.15) is 12.4 Å². The molecule has 0 aliphatic carbocycles. The van der Waals surface area contributed by atoms with E-state index in [1.807, 2.05) is 38.2 Å². The number of aliphatic hydroxyl groups excluding tert-OH is 2. The van der Waals surface area contributed by atoms with Gasteiger partial charge in [-0.05, 0) is 61.8 Å². The number of aliphatic hydroxyl groups is 2. The molecule has 1 unspecified atom stereocenters. The maximum atomic E-state index is 8.94. The maximum absolute atomic E-state index is 8.94. The average molecular weight is 428 g/mol. The summed E-state index contributed by atoms with van der Waals surface area (Å²) in [6.07, 6.45) is 7.63. The van der Waals surface area contributed by atoms with Crippen molar-refractivity contribution in [1.82, 2.24) is 15.5 Å². The molecule has 1 atom stereocenters. The summed E-state index contributed by atoms with van der Waals surface area (Å²) in [5, 5.41) is 27.1. The minimum Gasteiger partial charge on any atom is -0.491 e. The number of nitrogens with one attached hydrogen (secondary N) is 2. The van der Waals surface area contributed by atoms with Crippen LogP contribution < -0.4 is 5.32 Å². The molecule has 2 aromatic rings. The van der Waals surface area contributed by atoms with Crippen molar-refractivity contribution in [3.05, 3.63) is 71.7 Å². The van der Waals surface area contributed by atoms with E-state index in [4.69, 9.17) is 14.9 Å². The third kappa shape index (κ3) is 8.92. The van der Waals surface area contributed by atoms with E-state index in [1.165, 1.54) is 5.56 Å². The zero-order valence-electron chi connectivity index (χ0n) is 19.5. The zero-order valence-corrected chi connectivity index (χ0v) is 19.5. The van der Waals surface area contributed by atoms with Crippen molar-refractivity contribution in [3.63, 3.8) is 0 Å². The number of aromatic nitrogens is 2. The summed E-state index contributed by atoms with van der Waals surface area (Å²) in [5.41, 5.74) is 5.26. The lowest BCUT2D eigenvalue weighted by molar-refractivity contribution is 0.152. The molecule has 0 fully saturated rings. The molecule has 0 radical (unpaired) electrons. The van der Waals surface area contributed by atoms with Crippen LogP contribution in [0.15, 0.2) is 60.4 Å². The van der Waals surface area contributed by atoms with E-state index in [0.29, 0.717) is 11.8 Å². The largest absolute Gasteiger partial charge is 0.491 e. The number of allylic oxidation sites excluding steroid dienone is 5. The van der Waals surface area contributed by atoms with Crippen LogP contribution in [0.25, 0.3) is 16.8 Å². The molecule has 0 spiro atoms. The zero-order chi connectivity index (χ0) is 23.2. The van der Waals surface area contributed by atoms with Crippen LogP contribution in [0.4, 0.5) is 0 Å². The minimum atomic E-state index is -0.00924. The Bertz CT molecular complexity index is 866. The number of hydrogen-bond acceptors (Lipinski definition) is 5. The second-order valence-electron chi connectivity index (χ2n) is 7.33. The van der Waals surface area contributed by atoms with Crippen LogP contribution in [-0.4, -0.2) is 46.8 Å². The van der Waals surface area contributed by atoms with Crippen LogP contribution in [0.3, 0.4) is 0 Å². The highest BCUT2D eigenvalue weighted by Gasteiger charge is 2.10. The Balaban J connectivity index is 0.00000233. The molecular formula is C25H37N3O3. The standard InChI is InChI=1S/C24H33N3O2.CH4O/c1-6-8-22(29-14-13-28)12-11-18(4)23-16-24(27-26-23)21-10-7-9-20(15-21)19(5)25-17(2)3;1-2/h6-12,15-17,19,25,28H,13-14H2,1-5H3,(H,26,27);2H,1H3/b8-6-,18-11+,22-12+;. The highest BCUT2D eigenvalue weighted by atomic mass is 16.5. The van der Waals surface area contributed by atoms with Crippen LogP contribution in [0, 0.1) is 0 Å². The molecule has 0 saturated heterocycles. The summed E-state index contributed by atoms with van der Waals surface area (Å²) < 4.78 is 5.50. The molecule has 0 aliphatic heterocycles. The molecule has 31 heavy (non-hydrogen) atoms. The summed E-state index contributed by atoms with van der Waals surface area (Å²) in [6, 6.07) is 11.3. The number of benzene rings is 1. The first kappa shape index (κ1) is 26.4. The lowest BCUT2D eigenvalue weighted by Gasteiger charge is -2.17. The van der Waals surface area contributed by atoms with Gasteiger partial charge in [-0.1, -0.05) is 44.2 Å². The summed E-state index contributed by atoms with van der Waals surface area (Å²) in [7, 11) is 1.00. The second-order valence-corrected chi connectivity index (χ2v) is 7.33. The molecule has 1 aromatic carbocycles. The van der Waals surface area contributed by atoms with Gasteiger partial charge in [-0.25, -0.2) is 0 Å². The molecule has 6 nitrogen and oxygen atoms in total. The number of aromatic amines is 1. The Morgan fingerprint density at radius 3 is 2.58 bits per heavy atom. The molecule has 1 aromatic heterocycles. The maximum Gasteiger partial charge on any atom is 0.119 e. The van der Waals surface area contributed by atoms with Gasteiger partial charge in [-0.3, -0.25) is 5.10 Å². The number of rotatable bonds is 10. The molecule has 0 amide bonds. The first-order chi connectivity index (χ1) is 14.9. The fourth-order valence-corrected chi connectivity index (χ4v) is 3.02. The van der Waals surface area contributed by atoms with Gasteiger partial charge in [-0.15, -0.1) is 0 Å². The minimum absolute atomic E-state index is 0.00924. The van der Waals surface area contributed by atoms with E-state index in [2.05, 4.69) is 66.6 Å². The summed E-state index contributed by atoms with van der Waals surface area (Å²) in [5.74, 6) is 0.705. The van der Waals surface area contributed by atoms with Gasteiger partial charge in [0.2, 0.25) is 0 Å². The van der Waals surface area contributed by atoms with Crippen LogP contribution in [0.2, 0.25) is 0 Å². The average Bonchev–Trinajstić information content (AvgIpc) is 3.27. The van der Waals surface area contributed by atoms with Gasteiger partial charge in [0.15, 0.2) is 0 Å². The van der Waals surface area contributed by atoms with E-state index in [0.717, 1.165) is 29.6 Å². The van der Waals surface area contributed by atoms with Gasteiger partial charge >= 0.3 is 0 Å². The fourth-order valence-electron chi connectivity index (χ4n) is 3.02. The van der Waals surface area contributed by atoms with E-state index in [9.17, 15) is 0 Å². The molecule has 0 saturated carbocycles. The number of ether oxygens (including phenoxy) is 1. The van der Waals surface area contributed by atoms with E-state index < -0.39 is 0 Å². The highest BCUT2D eigenvalue weighted by molar-refractivity contribution is 5.69. The summed E-state index contributed by atoms with van der Waals surface area (Å²) >= 11 is 0. The third-order valence-corrected chi connectivity index (χ3v) is 4.45. The molecule has 6 heteroatoms. The normalized spacial score (nSPS) is 13.3. The number of hydrogen-bond donors (Lipinski definition) is 4. The van der Waals surface area contributed by atoms with Gasteiger partial charge in [-0.2, -0.15) is 5.10 Å². The monoisotopic (exact) mass is 427 g/mol. The second kappa shape index (κ2) is 14.4. The molecule has 4 N–H and O–H groups in total. The lowest BCUT2D eigenvalue weighted by Crippen LogP contribution is -2.25. The Morgan fingerprint density at radius 2 is 1.94 bits per heavy atom. The van der Waals surface area contributed by atoms with E-state index in [-0.39, 0.29) is 19.3 Å². The first-order valence-electron chi connectivity index (χ1n) is 10.6. The molecule has 170 valence electrons. The smallest absolute Gasteiger partial charge is 0.119 e. The Hall–Kier alpha value is -2.67. The lowest BCUT2D eigenvalue weighted by atomic mass is 10.0. The topological polar surface area (TPSA) is 90.4 Å². The number of H-pyrrole nitrogens is 1. The molecule has 2 rings (SSSR count). The van der Waals surface area contributed by atoms with E-state index in [1.54, 1.807) is 0 Å². The predicted octanol–water partition coefficient (Wildman–Crippen LogP) is 4.62. The van der Waals surface area contributed by atoms with Crippen molar-refractivity contribution < 1.29 is 14.9 Å². The van der Waals surface area contributed by atoms with Crippen molar-refractivity contribution in [2.24, 2.45) is 0 Å². The molecule has 1 heterocycles. The van der Waals surface area contributed by atoms with Crippen molar-refractivity contribution in [2.75, 3.05) is 20.3 Å². The Labute approximate surface area is 186 Å². The van der Waals surface area contributed by atoms with Crippen LogP contribution in [0.1, 0.15) is 51.9 Å². The Kier molecular flexibility index (Phi) is 12.2. The van der Waals surface area contributed by atoms with Crippen LogP contribution in [-0.2, 0) is 4.74 Å². The molecule has 0 aliphatic rings. The van der Waals surface area contributed by atoms with Gasteiger partial charge < -0.3 is 20.3 Å². The first-order valence-corrected chi connectivity index (χ1v) is 10.6. The highest BCUT2D eigenvalue weighted by Crippen LogP contribution is 2.24. The van der Waals surface area contributed by atoms with E-state index >= 15 is 0 Å². The predicted molar refractivity (Wildman–Crippen MR) is 128 cm³/mol. The fraction of sp³-hybridized carbons (Fsp3) is 0.400. The van der Waals surface area contributed by atoms with Crippen LogP contribution in [0.5, 0.6) is 0 Å². The quantitative estimate of drug-likeness (QED) is 0.328.